The van der Waals surface area contributed by atoms with E-state index in [1.165, 1.54) is 12.2 Å². The van der Waals surface area contributed by atoms with E-state index in [1.807, 2.05) is 30.0 Å². The van der Waals surface area contributed by atoms with Crippen LogP contribution >= 0.6 is 23.4 Å². The molecule has 2 N–H and O–H groups in total. The molecule has 3 nitrogen and oxygen atoms in total. The number of fused-ring (bicyclic) bond motifs is 1. The summed E-state index contributed by atoms with van der Waals surface area (Å²) in [5.41, 5.74) is 3.36. The van der Waals surface area contributed by atoms with Crippen LogP contribution in [0, 0.1) is 0 Å². The van der Waals surface area contributed by atoms with E-state index in [0.29, 0.717) is 6.54 Å². The minimum Gasteiger partial charge on any atom is -0.383 e. The monoisotopic (exact) mass is 359 g/mol. The van der Waals surface area contributed by atoms with Crippen molar-refractivity contribution in [2.45, 2.75) is 19.4 Å². The van der Waals surface area contributed by atoms with Crippen LogP contribution < -0.4 is 10.6 Å². The van der Waals surface area contributed by atoms with Crippen LogP contribution in [0.2, 0.25) is 5.02 Å². The van der Waals surface area contributed by atoms with E-state index in [0.717, 1.165) is 46.5 Å². The number of para-hydroxylation sites is 2. The first-order valence-corrected chi connectivity index (χ1v) is 9.80. The second kappa shape index (κ2) is 9.00. The van der Waals surface area contributed by atoms with Gasteiger partial charge in [0.05, 0.1) is 17.9 Å². The zero-order valence-electron chi connectivity index (χ0n) is 13.6. The number of hydrogen-bond acceptors (Lipinski definition) is 3. The first-order chi connectivity index (χ1) is 11.8. The summed E-state index contributed by atoms with van der Waals surface area (Å²) in [5.74, 6) is 3.29. The van der Waals surface area contributed by atoms with Crippen molar-refractivity contribution < 1.29 is 0 Å². The number of amidine groups is 1. The number of thioether (sulfide) groups is 1. The molecular formula is C19H22ClN3S. The third kappa shape index (κ3) is 5.18. The Morgan fingerprint density at radius 3 is 2.79 bits per heavy atom. The van der Waals surface area contributed by atoms with Crippen molar-refractivity contribution in [3.8, 4) is 0 Å². The van der Waals surface area contributed by atoms with Gasteiger partial charge in [-0.05, 0) is 42.0 Å². The van der Waals surface area contributed by atoms with Crippen LogP contribution in [0.5, 0.6) is 0 Å². The molecule has 0 aromatic heterocycles. The summed E-state index contributed by atoms with van der Waals surface area (Å²) in [6.07, 6.45) is 2.12. The lowest BCUT2D eigenvalue weighted by Crippen LogP contribution is -2.15. The molecule has 0 atom stereocenters. The molecular weight excluding hydrogens is 338 g/mol. The van der Waals surface area contributed by atoms with E-state index in [4.69, 9.17) is 16.6 Å². The third-order valence-electron chi connectivity index (χ3n) is 3.81. The molecule has 2 aromatic carbocycles. The van der Waals surface area contributed by atoms with Crippen LogP contribution in [0.25, 0.3) is 0 Å². The van der Waals surface area contributed by atoms with Gasteiger partial charge in [0, 0.05) is 23.7 Å². The molecule has 0 saturated heterocycles. The SMILES string of the molecule is Clc1cccc(CN=C2CCSCCCNc3ccccc3N2)c1. The van der Waals surface area contributed by atoms with Crippen LogP contribution in [0.3, 0.4) is 0 Å². The second-order valence-electron chi connectivity index (χ2n) is 5.71. The Labute approximate surface area is 152 Å². The average molecular weight is 360 g/mol. The number of rotatable bonds is 2. The Balaban J connectivity index is 1.78. The minimum absolute atomic E-state index is 0.642. The lowest BCUT2D eigenvalue weighted by Gasteiger charge is -2.14. The highest BCUT2D eigenvalue weighted by Gasteiger charge is 2.07. The van der Waals surface area contributed by atoms with Crippen molar-refractivity contribution in [3.63, 3.8) is 0 Å². The number of halogens is 1. The van der Waals surface area contributed by atoms with Gasteiger partial charge in [-0.25, -0.2) is 0 Å². The van der Waals surface area contributed by atoms with Gasteiger partial charge in [0.15, 0.2) is 0 Å². The molecule has 0 unspecified atom stereocenters. The smallest absolute Gasteiger partial charge is 0.102 e. The summed E-state index contributed by atoms with van der Waals surface area (Å²) in [5, 5.41) is 7.79. The molecule has 2 aromatic rings. The molecule has 0 radical (unpaired) electrons. The maximum atomic E-state index is 6.06. The molecule has 1 aliphatic heterocycles. The molecule has 0 amide bonds. The number of aliphatic imine (C=N–C) groups is 1. The average Bonchev–Trinajstić information content (AvgIpc) is 2.64. The zero-order valence-corrected chi connectivity index (χ0v) is 15.2. The van der Waals surface area contributed by atoms with Crippen LogP contribution in [0.4, 0.5) is 11.4 Å². The van der Waals surface area contributed by atoms with E-state index in [9.17, 15) is 0 Å². The number of anilines is 2. The van der Waals surface area contributed by atoms with E-state index in [1.54, 1.807) is 0 Å². The van der Waals surface area contributed by atoms with Gasteiger partial charge in [0.2, 0.25) is 0 Å². The van der Waals surface area contributed by atoms with Crippen molar-refractivity contribution in [1.29, 1.82) is 0 Å². The van der Waals surface area contributed by atoms with E-state index in [-0.39, 0.29) is 0 Å². The minimum atomic E-state index is 0.642. The zero-order chi connectivity index (χ0) is 16.6. The highest BCUT2D eigenvalue weighted by molar-refractivity contribution is 7.99. The molecule has 24 heavy (non-hydrogen) atoms. The van der Waals surface area contributed by atoms with Crippen LogP contribution in [0.1, 0.15) is 18.4 Å². The van der Waals surface area contributed by atoms with Crippen molar-refractivity contribution >= 4 is 40.6 Å². The van der Waals surface area contributed by atoms with Crippen LogP contribution in [-0.4, -0.2) is 23.9 Å². The lowest BCUT2D eigenvalue weighted by atomic mass is 10.2. The van der Waals surface area contributed by atoms with E-state index >= 15 is 0 Å². The Morgan fingerprint density at radius 1 is 1.04 bits per heavy atom. The summed E-state index contributed by atoms with van der Waals surface area (Å²) >= 11 is 8.05. The quantitative estimate of drug-likeness (QED) is 0.764. The van der Waals surface area contributed by atoms with Gasteiger partial charge >= 0.3 is 0 Å². The fraction of sp³-hybridized carbons (Fsp3) is 0.316. The molecule has 0 fully saturated rings. The lowest BCUT2D eigenvalue weighted by molar-refractivity contribution is 0.992. The first kappa shape index (κ1) is 17.2. The Bertz CT molecular complexity index is 703. The highest BCUT2D eigenvalue weighted by atomic mass is 35.5. The van der Waals surface area contributed by atoms with Crippen LogP contribution in [0.15, 0.2) is 53.5 Å². The topological polar surface area (TPSA) is 36.4 Å². The van der Waals surface area contributed by atoms with Gasteiger partial charge in [-0.2, -0.15) is 11.8 Å². The molecule has 0 aliphatic carbocycles. The number of hydrogen-bond donors (Lipinski definition) is 2. The second-order valence-corrected chi connectivity index (χ2v) is 7.37. The molecule has 1 heterocycles. The Morgan fingerprint density at radius 2 is 1.92 bits per heavy atom. The Hall–Kier alpha value is -1.65. The maximum Gasteiger partial charge on any atom is 0.102 e. The molecule has 5 heteroatoms. The van der Waals surface area contributed by atoms with Gasteiger partial charge in [-0.15, -0.1) is 0 Å². The van der Waals surface area contributed by atoms with Gasteiger partial charge in [-0.3, -0.25) is 4.99 Å². The molecule has 0 saturated carbocycles. The van der Waals surface area contributed by atoms with Crippen molar-refractivity contribution in [1.82, 2.24) is 0 Å². The number of nitrogens with one attached hydrogen (secondary N) is 2. The number of nitrogens with zero attached hydrogens (tertiary/aromatic N) is 1. The molecule has 3 rings (SSSR count). The maximum absolute atomic E-state index is 6.06. The van der Waals surface area contributed by atoms with E-state index in [2.05, 4.69) is 41.0 Å². The predicted octanol–water partition coefficient (Wildman–Crippen LogP) is 5.29. The molecule has 126 valence electrons. The van der Waals surface area contributed by atoms with Crippen molar-refractivity contribution in [2.24, 2.45) is 4.99 Å². The fourth-order valence-electron chi connectivity index (χ4n) is 2.57. The molecule has 0 bridgehead atoms. The predicted molar refractivity (Wildman–Crippen MR) is 108 cm³/mol. The Kier molecular flexibility index (Phi) is 6.44. The summed E-state index contributed by atoms with van der Waals surface area (Å²) in [4.78, 5) is 4.80. The third-order valence-corrected chi connectivity index (χ3v) is 5.12. The normalized spacial score (nSPS) is 17.3. The van der Waals surface area contributed by atoms with Gasteiger partial charge in [0.1, 0.15) is 5.84 Å². The van der Waals surface area contributed by atoms with Gasteiger partial charge in [-0.1, -0.05) is 35.9 Å². The summed E-state index contributed by atoms with van der Waals surface area (Å²) in [6.45, 7) is 1.64. The summed E-state index contributed by atoms with van der Waals surface area (Å²) in [7, 11) is 0. The fourth-order valence-corrected chi connectivity index (χ4v) is 3.68. The van der Waals surface area contributed by atoms with E-state index < -0.39 is 0 Å². The van der Waals surface area contributed by atoms with Gasteiger partial charge in [0.25, 0.3) is 0 Å². The summed E-state index contributed by atoms with van der Waals surface area (Å²) in [6, 6.07) is 16.2. The van der Waals surface area contributed by atoms with Crippen molar-refractivity contribution in [3.05, 3.63) is 59.1 Å². The van der Waals surface area contributed by atoms with Crippen molar-refractivity contribution in [2.75, 3.05) is 28.7 Å². The first-order valence-electron chi connectivity index (χ1n) is 8.27. The summed E-state index contributed by atoms with van der Waals surface area (Å²) < 4.78 is 0. The number of benzene rings is 2. The largest absolute Gasteiger partial charge is 0.383 e. The molecule has 1 aliphatic rings. The van der Waals surface area contributed by atoms with Gasteiger partial charge < -0.3 is 10.6 Å². The standard InChI is InChI=1S/C19H22ClN3S/c20-16-6-3-5-15(13-16)14-22-19-9-12-24-11-4-10-21-17-7-1-2-8-18(17)23-19/h1-3,5-8,13,21H,4,9-12,14H2,(H,22,23). The highest BCUT2D eigenvalue weighted by Crippen LogP contribution is 2.23. The molecule has 0 spiro atoms. The van der Waals surface area contributed by atoms with Crippen LogP contribution in [-0.2, 0) is 6.54 Å².